The normalized spacial score (nSPS) is 14.2. The molecule has 0 radical (unpaired) electrons. The molecular formula is C15H13NO5S. The van der Waals surface area contributed by atoms with Gasteiger partial charge in [-0.15, -0.1) is 16.5 Å². The summed E-state index contributed by atoms with van der Waals surface area (Å²) >= 11 is 1.14. The molecule has 0 saturated carbocycles. The highest BCUT2D eigenvalue weighted by Gasteiger charge is 2.22. The number of carboxylic acids is 1. The van der Waals surface area contributed by atoms with Crippen molar-refractivity contribution in [1.82, 2.24) is 0 Å². The van der Waals surface area contributed by atoms with Crippen LogP contribution in [-0.4, -0.2) is 31.0 Å². The molecule has 3 rings (SSSR count). The van der Waals surface area contributed by atoms with Gasteiger partial charge in [-0.05, 0) is 24.3 Å². The van der Waals surface area contributed by atoms with Crippen LogP contribution in [0.5, 0.6) is 11.5 Å². The molecule has 0 aliphatic carbocycles. The standard InChI is InChI=1S/C15H13NO5S/c1-16-21-14(12-4-5-13(22-12)15(17)18)9-2-3-10-11(8-9)20-7-6-19-10/h2-5,8,14H,1,6-7H2,(H,17,18). The molecule has 2 heterocycles. The van der Waals surface area contributed by atoms with E-state index < -0.39 is 12.1 Å². The van der Waals surface area contributed by atoms with Crippen LogP contribution in [0.4, 0.5) is 0 Å². The van der Waals surface area contributed by atoms with Gasteiger partial charge in [0.1, 0.15) is 18.1 Å². The van der Waals surface area contributed by atoms with Crippen LogP contribution in [0.3, 0.4) is 0 Å². The zero-order chi connectivity index (χ0) is 15.5. The first-order chi connectivity index (χ1) is 10.7. The summed E-state index contributed by atoms with van der Waals surface area (Å²) in [6.45, 7) is 4.35. The fourth-order valence-electron chi connectivity index (χ4n) is 2.18. The van der Waals surface area contributed by atoms with Crippen LogP contribution in [0, 0.1) is 0 Å². The molecular weight excluding hydrogens is 306 g/mol. The maximum atomic E-state index is 11.0. The molecule has 6 nitrogen and oxygen atoms in total. The molecule has 1 aromatic heterocycles. The Morgan fingerprint density at radius 2 is 2.05 bits per heavy atom. The van der Waals surface area contributed by atoms with Gasteiger partial charge in [0.15, 0.2) is 17.6 Å². The van der Waals surface area contributed by atoms with Gasteiger partial charge in [0, 0.05) is 12.3 Å². The van der Waals surface area contributed by atoms with Crippen LogP contribution < -0.4 is 9.47 Å². The molecule has 1 aliphatic heterocycles. The number of aromatic carboxylic acids is 1. The number of ether oxygens (including phenoxy) is 2. The highest BCUT2D eigenvalue weighted by molar-refractivity contribution is 7.14. The Morgan fingerprint density at radius 3 is 2.73 bits per heavy atom. The molecule has 1 unspecified atom stereocenters. The number of carbonyl (C=O) groups is 1. The largest absolute Gasteiger partial charge is 0.486 e. The Kier molecular flexibility index (Phi) is 3.97. The minimum Gasteiger partial charge on any atom is -0.486 e. The number of thiophene rings is 1. The Hall–Kier alpha value is -2.54. The maximum Gasteiger partial charge on any atom is 0.345 e. The topological polar surface area (TPSA) is 77.3 Å². The lowest BCUT2D eigenvalue weighted by atomic mass is 10.1. The number of nitrogens with zero attached hydrogens (tertiary/aromatic N) is 1. The van der Waals surface area contributed by atoms with Crippen LogP contribution >= 0.6 is 11.3 Å². The summed E-state index contributed by atoms with van der Waals surface area (Å²) in [6, 6.07) is 8.70. The van der Waals surface area contributed by atoms with Gasteiger partial charge in [-0.25, -0.2) is 4.79 Å². The summed E-state index contributed by atoms with van der Waals surface area (Å²) in [7, 11) is 0. The molecule has 1 aliphatic rings. The van der Waals surface area contributed by atoms with Crippen molar-refractivity contribution in [2.24, 2.45) is 5.16 Å². The molecule has 22 heavy (non-hydrogen) atoms. The van der Waals surface area contributed by atoms with Gasteiger partial charge in [0.05, 0.1) is 4.88 Å². The van der Waals surface area contributed by atoms with Crippen molar-refractivity contribution in [2.75, 3.05) is 13.2 Å². The first-order valence-electron chi connectivity index (χ1n) is 6.53. The Morgan fingerprint density at radius 1 is 1.27 bits per heavy atom. The Labute approximate surface area is 130 Å². The number of carboxylic acid groups (broad SMARTS) is 1. The van der Waals surface area contributed by atoms with Crippen molar-refractivity contribution in [1.29, 1.82) is 0 Å². The van der Waals surface area contributed by atoms with Crippen LogP contribution in [0.2, 0.25) is 0 Å². The van der Waals surface area contributed by atoms with Crippen molar-refractivity contribution in [3.63, 3.8) is 0 Å². The minimum absolute atomic E-state index is 0.241. The van der Waals surface area contributed by atoms with E-state index in [4.69, 9.17) is 19.4 Å². The van der Waals surface area contributed by atoms with Crippen LogP contribution in [-0.2, 0) is 4.84 Å². The predicted octanol–water partition coefficient (Wildman–Crippen LogP) is 2.94. The monoisotopic (exact) mass is 319 g/mol. The van der Waals surface area contributed by atoms with Crippen molar-refractivity contribution in [2.45, 2.75) is 6.10 Å². The summed E-state index contributed by atoms with van der Waals surface area (Å²) in [5.41, 5.74) is 0.787. The molecule has 0 saturated heterocycles. The minimum atomic E-state index is -0.969. The van der Waals surface area contributed by atoms with Gasteiger partial charge in [0.25, 0.3) is 0 Å². The molecule has 114 valence electrons. The second-order valence-electron chi connectivity index (χ2n) is 4.52. The van der Waals surface area contributed by atoms with Gasteiger partial charge < -0.3 is 19.4 Å². The number of fused-ring (bicyclic) bond motifs is 1. The summed E-state index contributed by atoms with van der Waals surface area (Å²) in [5, 5.41) is 12.5. The predicted molar refractivity (Wildman–Crippen MR) is 81.2 cm³/mol. The third-order valence-electron chi connectivity index (χ3n) is 3.14. The maximum absolute atomic E-state index is 11.0. The van der Waals surface area contributed by atoms with Crippen LogP contribution in [0.25, 0.3) is 0 Å². The quantitative estimate of drug-likeness (QED) is 0.677. The molecule has 7 heteroatoms. The van der Waals surface area contributed by atoms with Gasteiger partial charge in [0.2, 0.25) is 0 Å². The number of oxime groups is 1. The Balaban J connectivity index is 1.96. The molecule has 2 aromatic rings. The average molecular weight is 319 g/mol. The number of rotatable bonds is 5. The van der Waals surface area contributed by atoms with Crippen molar-refractivity contribution in [3.8, 4) is 11.5 Å². The molecule has 0 fully saturated rings. The average Bonchev–Trinajstić information content (AvgIpc) is 3.02. The number of hydrogen-bond donors (Lipinski definition) is 1. The lowest BCUT2D eigenvalue weighted by molar-refractivity contribution is 0.0702. The summed E-state index contributed by atoms with van der Waals surface area (Å²) in [6.07, 6.45) is -0.536. The van der Waals surface area contributed by atoms with Crippen molar-refractivity contribution >= 4 is 24.0 Å². The highest BCUT2D eigenvalue weighted by Crippen LogP contribution is 2.37. The fourth-order valence-corrected chi connectivity index (χ4v) is 3.08. The van der Waals surface area contributed by atoms with E-state index in [1.807, 2.05) is 12.1 Å². The summed E-state index contributed by atoms with van der Waals surface area (Å²) in [4.78, 5) is 17.3. The lowest BCUT2D eigenvalue weighted by Gasteiger charge is -2.20. The van der Waals surface area contributed by atoms with E-state index in [1.165, 1.54) is 0 Å². The van der Waals surface area contributed by atoms with E-state index in [0.29, 0.717) is 24.7 Å². The molecule has 0 spiro atoms. The molecule has 0 amide bonds. The van der Waals surface area contributed by atoms with Crippen LogP contribution in [0.15, 0.2) is 35.5 Å². The van der Waals surface area contributed by atoms with Gasteiger partial charge in [-0.3, -0.25) is 0 Å². The van der Waals surface area contributed by atoms with E-state index in [9.17, 15) is 4.79 Å². The first-order valence-corrected chi connectivity index (χ1v) is 7.35. The van der Waals surface area contributed by atoms with Gasteiger partial charge in [-0.2, -0.15) is 0 Å². The summed E-state index contributed by atoms with van der Waals surface area (Å²) in [5.74, 6) is 0.345. The van der Waals surface area contributed by atoms with E-state index in [-0.39, 0.29) is 4.88 Å². The third kappa shape index (κ3) is 2.75. The second-order valence-corrected chi connectivity index (χ2v) is 5.64. The zero-order valence-corrected chi connectivity index (χ0v) is 12.3. The number of hydrogen-bond acceptors (Lipinski definition) is 6. The second kappa shape index (κ2) is 6.07. The van der Waals surface area contributed by atoms with E-state index >= 15 is 0 Å². The SMILES string of the molecule is C=NOC(c1ccc2c(c1)OCCO2)c1ccc(C(=O)O)s1. The smallest absolute Gasteiger partial charge is 0.345 e. The van der Waals surface area contributed by atoms with Crippen molar-refractivity contribution in [3.05, 3.63) is 45.6 Å². The van der Waals surface area contributed by atoms with Crippen molar-refractivity contribution < 1.29 is 24.2 Å². The summed E-state index contributed by atoms with van der Waals surface area (Å²) < 4.78 is 11.0. The van der Waals surface area contributed by atoms with E-state index in [2.05, 4.69) is 11.9 Å². The highest BCUT2D eigenvalue weighted by atomic mass is 32.1. The Bertz CT molecular complexity index is 712. The van der Waals surface area contributed by atoms with Gasteiger partial charge in [-0.1, -0.05) is 6.07 Å². The first kappa shape index (κ1) is 14.4. The lowest BCUT2D eigenvalue weighted by Crippen LogP contribution is -2.15. The van der Waals surface area contributed by atoms with E-state index in [1.54, 1.807) is 18.2 Å². The van der Waals surface area contributed by atoms with Crippen LogP contribution in [0.1, 0.15) is 26.2 Å². The number of benzene rings is 1. The fraction of sp³-hybridized carbons (Fsp3) is 0.200. The van der Waals surface area contributed by atoms with Gasteiger partial charge >= 0.3 is 5.97 Å². The molecule has 1 aromatic carbocycles. The van der Waals surface area contributed by atoms with E-state index in [0.717, 1.165) is 21.8 Å². The molecule has 0 bridgehead atoms. The third-order valence-corrected chi connectivity index (χ3v) is 4.26. The molecule has 1 atom stereocenters. The zero-order valence-electron chi connectivity index (χ0n) is 11.5. The molecule has 1 N–H and O–H groups in total.